The van der Waals surface area contributed by atoms with Gasteiger partial charge in [0.1, 0.15) is 0 Å². The second kappa shape index (κ2) is 6.65. The van der Waals surface area contributed by atoms with Crippen molar-refractivity contribution in [2.24, 2.45) is 5.92 Å². The van der Waals surface area contributed by atoms with E-state index in [4.69, 9.17) is 0 Å². The maximum atomic E-state index is 3.62. The Hall–Kier alpha value is -1.02. The molecule has 2 heteroatoms. The van der Waals surface area contributed by atoms with Gasteiger partial charge in [-0.25, -0.2) is 0 Å². The van der Waals surface area contributed by atoms with Gasteiger partial charge in [0.05, 0.1) is 0 Å². The molecular weight excluding hydrogens is 208 g/mol. The molecule has 1 N–H and O–H groups in total. The van der Waals surface area contributed by atoms with Gasteiger partial charge in [0, 0.05) is 18.3 Å². The number of nitrogens with one attached hydrogen (secondary N) is 1. The lowest BCUT2D eigenvalue weighted by Gasteiger charge is -2.21. The highest BCUT2D eigenvalue weighted by Crippen LogP contribution is 2.19. The second-order valence-corrected chi connectivity index (χ2v) is 5.57. The fourth-order valence-electron chi connectivity index (χ4n) is 2.17. The summed E-state index contributed by atoms with van der Waals surface area (Å²) in [7, 11) is 4.21. The Bertz CT molecular complexity index is 331. The number of hydrogen-bond acceptors (Lipinski definition) is 2. The van der Waals surface area contributed by atoms with Crippen molar-refractivity contribution in [2.45, 2.75) is 39.8 Å². The molecule has 1 rings (SSSR count). The molecule has 0 aliphatic carbocycles. The van der Waals surface area contributed by atoms with E-state index in [-0.39, 0.29) is 0 Å². The minimum absolute atomic E-state index is 0.526. The third-order valence-electron chi connectivity index (χ3n) is 2.73. The zero-order chi connectivity index (χ0) is 12.8. The summed E-state index contributed by atoms with van der Waals surface area (Å²) in [5, 5.41) is 3.62. The molecule has 0 spiro atoms. The van der Waals surface area contributed by atoms with E-state index in [1.54, 1.807) is 0 Å². The van der Waals surface area contributed by atoms with E-state index in [0.29, 0.717) is 6.04 Å². The zero-order valence-electron chi connectivity index (χ0n) is 11.8. The Kier molecular flexibility index (Phi) is 5.49. The molecule has 0 aliphatic heterocycles. The molecular formula is C15H26N2. The maximum absolute atomic E-state index is 3.62. The third kappa shape index (κ3) is 5.22. The second-order valence-electron chi connectivity index (χ2n) is 5.57. The van der Waals surface area contributed by atoms with Crippen molar-refractivity contribution in [2.75, 3.05) is 19.4 Å². The summed E-state index contributed by atoms with van der Waals surface area (Å²) < 4.78 is 0. The lowest BCUT2D eigenvalue weighted by Crippen LogP contribution is -2.20. The van der Waals surface area contributed by atoms with Gasteiger partial charge in [0.25, 0.3) is 0 Å². The first-order chi connectivity index (χ1) is 7.99. The summed E-state index contributed by atoms with van der Waals surface area (Å²) in [5.41, 5.74) is 2.64. The quantitative estimate of drug-likeness (QED) is 0.809. The summed E-state index contributed by atoms with van der Waals surface area (Å²) in [6.45, 7) is 7.78. The highest BCUT2D eigenvalue weighted by molar-refractivity contribution is 5.51. The van der Waals surface area contributed by atoms with Crippen LogP contribution >= 0.6 is 0 Å². The Morgan fingerprint density at radius 2 is 1.76 bits per heavy atom. The summed E-state index contributed by atoms with van der Waals surface area (Å²) in [6, 6.07) is 9.11. The molecule has 0 heterocycles. The number of rotatable bonds is 6. The molecule has 0 saturated heterocycles. The molecule has 17 heavy (non-hydrogen) atoms. The Labute approximate surface area is 106 Å². The Balaban J connectivity index is 2.69. The molecule has 0 saturated carbocycles. The number of para-hydroxylation sites is 1. The van der Waals surface area contributed by atoms with Gasteiger partial charge in [0.2, 0.25) is 0 Å². The SMILES string of the molecule is CC(C)CC(C)Nc1ccccc1CN(C)C. The average Bonchev–Trinajstić information content (AvgIpc) is 2.18. The van der Waals surface area contributed by atoms with Crippen molar-refractivity contribution in [1.82, 2.24) is 4.90 Å². The standard InChI is InChI=1S/C15H26N2/c1-12(2)10-13(3)16-15-9-7-6-8-14(15)11-17(4)5/h6-9,12-13,16H,10-11H2,1-5H3. The first-order valence-corrected chi connectivity index (χ1v) is 6.48. The van der Waals surface area contributed by atoms with Gasteiger partial charge in [-0.3, -0.25) is 0 Å². The molecule has 0 radical (unpaired) electrons. The van der Waals surface area contributed by atoms with Crippen LogP contribution in [-0.4, -0.2) is 25.0 Å². The zero-order valence-corrected chi connectivity index (χ0v) is 11.8. The molecule has 2 nitrogen and oxygen atoms in total. The molecule has 0 bridgehead atoms. The largest absolute Gasteiger partial charge is 0.382 e. The molecule has 0 aromatic heterocycles. The first kappa shape index (κ1) is 14.0. The van der Waals surface area contributed by atoms with Crippen LogP contribution < -0.4 is 5.32 Å². The highest BCUT2D eigenvalue weighted by atomic mass is 15.1. The van der Waals surface area contributed by atoms with E-state index in [1.807, 2.05) is 0 Å². The van der Waals surface area contributed by atoms with E-state index in [0.717, 1.165) is 12.5 Å². The third-order valence-corrected chi connectivity index (χ3v) is 2.73. The van der Waals surface area contributed by atoms with Gasteiger partial charge < -0.3 is 10.2 Å². The van der Waals surface area contributed by atoms with Crippen LogP contribution in [0.4, 0.5) is 5.69 Å². The number of anilines is 1. The predicted octanol–water partition coefficient (Wildman–Crippen LogP) is 3.59. The van der Waals surface area contributed by atoms with Gasteiger partial charge in [0.15, 0.2) is 0 Å². The van der Waals surface area contributed by atoms with Crippen molar-refractivity contribution in [3.63, 3.8) is 0 Å². The van der Waals surface area contributed by atoms with E-state index in [2.05, 4.69) is 69.3 Å². The topological polar surface area (TPSA) is 15.3 Å². The molecule has 0 fully saturated rings. The van der Waals surface area contributed by atoms with Crippen LogP contribution in [-0.2, 0) is 6.54 Å². The van der Waals surface area contributed by atoms with Crippen LogP contribution in [0.1, 0.15) is 32.8 Å². The van der Waals surface area contributed by atoms with E-state index >= 15 is 0 Å². The van der Waals surface area contributed by atoms with Gasteiger partial charge in [-0.05, 0) is 45.0 Å². The van der Waals surface area contributed by atoms with Gasteiger partial charge in [-0.2, -0.15) is 0 Å². The average molecular weight is 234 g/mol. The summed E-state index contributed by atoms with van der Waals surface area (Å²) in [4.78, 5) is 2.20. The fraction of sp³-hybridized carbons (Fsp3) is 0.600. The van der Waals surface area contributed by atoms with Crippen LogP contribution in [0.3, 0.4) is 0 Å². The normalized spacial score (nSPS) is 13.1. The minimum atomic E-state index is 0.526. The van der Waals surface area contributed by atoms with E-state index in [9.17, 15) is 0 Å². The van der Waals surface area contributed by atoms with Gasteiger partial charge in [-0.15, -0.1) is 0 Å². The van der Waals surface area contributed by atoms with Crippen molar-refractivity contribution in [1.29, 1.82) is 0 Å². The van der Waals surface area contributed by atoms with Crippen LogP contribution in [0.25, 0.3) is 0 Å². The predicted molar refractivity (Wildman–Crippen MR) is 76.4 cm³/mol. The maximum Gasteiger partial charge on any atom is 0.0387 e. The van der Waals surface area contributed by atoms with Crippen molar-refractivity contribution in [3.05, 3.63) is 29.8 Å². The van der Waals surface area contributed by atoms with Gasteiger partial charge in [-0.1, -0.05) is 32.0 Å². The molecule has 1 atom stereocenters. The summed E-state index contributed by atoms with van der Waals surface area (Å²) in [5.74, 6) is 0.735. The van der Waals surface area contributed by atoms with Crippen molar-refractivity contribution in [3.8, 4) is 0 Å². The molecule has 1 aromatic carbocycles. The number of nitrogens with zero attached hydrogens (tertiary/aromatic N) is 1. The number of hydrogen-bond donors (Lipinski definition) is 1. The van der Waals surface area contributed by atoms with Crippen LogP contribution in [0, 0.1) is 5.92 Å². The minimum Gasteiger partial charge on any atom is -0.382 e. The summed E-state index contributed by atoms with van der Waals surface area (Å²) >= 11 is 0. The lowest BCUT2D eigenvalue weighted by molar-refractivity contribution is 0.403. The summed E-state index contributed by atoms with van der Waals surface area (Å²) in [6.07, 6.45) is 1.20. The molecule has 1 aromatic rings. The smallest absolute Gasteiger partial charge is 0.0387 e. The highest BCUT2D eigenvalue weighted by Gasteiger charge is 2.08. The van der Waals surface area contributed by atoms with Crippen LogP contribution in [0.15, 0.2) is 24.3 Å². The monoisotopic (exact) mass is 234 g/mol. The van der Waals surface area contributed by atoms with Crippen molar-refractivity contribution >= 4 is 5.69 Å². The van der Waals surface area contributed by atoms with Gasteiger partial charge >= 0.3 is 0 Å². The Morgan fingerprint density at radius 1 is 1.12 bits per heavy atom. The van der Waals surface area contributed by atoms with Crippen LogP contribution in [0.2, 0.25) is 0 Å². The lowest BCUT2D eigenvalue weighted by atomic mass is 10.0. The van der Waals surface area contributed by atoms with E-state index in [1.165, 1.54) is 17.7 Å². The Morgan fingerprint density at radius 3 is 2.35 bits per heavy atom. The molecule has 96 valence electrons. The first-order valence-electron chi connectivity index (χ1n) is 6.48. The molecule has 0 aliphatic rings. The van der Waals surface area contributed by atoms with Crippen LogP contribution in [0.5, 0.6) is 0 Å². The molecule has 0 amide bonds. The van der Waals surface area contributed by atoms with Crippen molar-refractivity contribution < 1.29 is 0 Å². The van der Waals surface area contributed by atoms with E-state index < -0.39 is 0 Å². The fourth-order valence-corrected chi connectivity index (χ4v) is 2.17. The molecule has 1 unspecified atom stereocenters. The number of benzene rings is 1.